The standard InChI is InChI=1S/C78H54N6S/c1-47-26-38-68-62(42-47)63-43-48(2)27-39-69(63)83(68)55-34-30-51(31-35-55)67-46-66(57-20-11-12-22-60(57)78-81-76(53-16-7-5-8-17-53)80-77(82-78)54-18-9-6-10-19-54)73(61-24-15-23-59-58-21-13-14-25-72(58)85-75(59)61)74(79-67)52-32-36-56(37-33-52)84-70-40-28-49(3)44-64(70)65-45-50(4)29-41-71(65)84/h5-46H,1-4H3. The average molecular weight is 1110 g/mol. The van der Waals surface area contributed by atoms with Crippen molar-refractivity contribution < 1.29 is 0 Å². The molecule has 0 saturated heterocycles. The molecule has 85 heavy (non-hydrogen) atoms. The minimum absolute atomic E-state index is 0.580. The summed E-state index contributed by atoms with van der Waals surface area (Å²) in [5, 5.41) is 7.45. The molecule has 5 heterocycles. The first-order valence-corrected chi connectivity index (χ1v) is 29.7. The molecule has 6 nitrogen and oxygen atoms in total. The summed E-state index contributed by atoms with van der Waals surface area (Å²) in [4.78, 5) is 21.8. The zero-order valence-electron chi connectivity index (χ0n) is 47.3. The largest absolute Gasteiger partial charge is 0.309 e. The number of rotatable bonds is 9. The van der Waals surface area contributed by atoms with Crippen LogP contribution in [0.5, 0.6) is 0 Å². The number of hydrogen-bond donors (Lipinski definition) is 0. The molecule has 11 aromatic carbocycles. The third-order valence-electron chi connectivity index (χ3n) is 16.8. The predicted octanol–water partition coefficient (Wildman–Crippen LogP) is 20.7. The number of hydrogen-bond acceptors (Lipinski definition) is 5. The molecule has 0 aliphatic carbocycles. The number of thiophene rings is 1. The van der Waals surface area contributed by atoms with Crippen molar-refractivity contribution in [2.24, 2.45) is 0 Å². The van der Waals surface area contributed by atoms with Crippen molar-refractivity contribution in [3.05, 3.63) is 277 Å². The third-order valence-corrected chi connectivity index (χ3v) is 18.0. The molecule has 0 saturated carbocycles. The number of pyridine rings is 1. The van der Waals surface area contributed by atoms with E-state index in [1.807, 2.05) is 47.7 Å². The minimum atomic E-state index is 0.580. The van der Waals surface area contributed by atoms with Crippen molar-refractivity contribution in [2.75, 3.05) is 0 Å². The van der Waals surface area contributed by atoms with E-state index in [1.165, 1.54) is 86.0 Å². The monoisotopic (exact) mass is 1110 g/mol. The second-order valence-electron chi connectivity index (χ2n) is 22.5. The quantitative estimate of drug-likeness (QED) is 0.144. The summed E-state index contributed by atoms with van der Waals surface area (Å²) in [6.07, 6.45) is 0. The molecule has 0 aliphatic rings. The number of benzene rings is 11. The maximum Gasteiger partial charge on any atom is 0.164 e. The van der Waals surface area contributed by atoms with Crippen molar-refractivity contribution in [1.29, 1.82) is 0 Å². The molecule has 7 heteroatoms. The first-order valence-electron chi connectivity index (χ1n) is 28.9. The highest BCUT2D eigenvalue weighted by Gasteiger charge is 2.26. The van der Waals surface area contributed by atoms with Crippen LogP contribution >= 0.6 is 11.3 Å². The molecule has 0 atom stereocenters. The minimum Gasteiger partial charge on any atom is -0.309 e. The molecule has 402 valence electrons. The maximum atomic E-state index is 5.92. The molecule has 0 fully saturated rings. The van der Waals surface area contributed by atoms with Crippen molar-refractivity contribution in [1.82, 2.24) is 29.1 Å². The Balaban J connectivity index is 0.967. The molecule has 0 N–H and O–H groups in total. The molecular weight excluding hydrogens is 1050 g/mol. The van der Waals surface area contributed by atoms with E-state index in [0.29, 0.717) is 17.5 Å². The number of nitrogens with zero attached hydrogens (tertiary/aromatic N) is 6. The van der Waals surface area contributed by atoms with Gasteiger partial charge in [0.25, 0.3) is 0 Å². The normalized spacial score (nSPS) is 11.8. The van der Waals surface area contributed by atoms with Crippen molar-refractivity contribution in [2.45, 2.75) is 27.7 Å². The van der Waals surface area contributed by atoms with Crippen LogP contribution in [0.25, 0.3) is 154 Å². The van der Waals surface area contributed by atoms with Gasteiger partial charge in [-0.3, -0.25) is 0 Å². The van der Waals surface area contributed by atoms with Crippen LogP contribution in [-0.4, -0.2) is 29.1 Å². The Kier molecular flexibility index (Phi) is 11.9. The highest BCUT2D eigenvalue weighted by atomic mass is 32.1. The summed E-state index contributed by atoms with van der Waals surface area (Å²) in [5.74, 6) is 1.79. The van der Waals surface area contributed by atoms with E-state index in [0.717, 1.165) is 72.8 Å². The average Bonchev–Trinajstić information content (AvgIpc) is 2.07. The Morgan fingerprint density at radius 1 is 0.294 bits per heavy atom. The highest BCUT2D eigenvalue weighted by molar-refractivity contribution is 7.26. The van der Waals surface area contributed by atoms with Crippen molar-refractivity contribution in [3.8, 4) is 90.3 Å². The molecule has 0 amide bonds. The fraction of sp³-hybridized carbons (Fsp3) is 0.0513. The van der Waals surface area contributed by atoms with Gasteiger partial charge in [-0.25, -0.2) is 19.9 Å². The molecule has 16 rings (SSSR count). The number of fused-ring (bicyclic) bond motifs is 9. The summed E-state index contributed by atoms with van der Waals surface area (Å²) in [5.41, 5.74) is 22.4. The van der Waals surface area contributed by atoms with Gasteiger partial charge < -0.3 is 9.13 Å². The summed E-state index contributed by atoms with van der Waals surface area (Å²) >= 11 is 1.83. The van der Waals surface area contributed by atoms with Crippen LogP contribution in [0.4, 0.5) is 0 Å². The zero-order valence-corrected chi connectivity index (χ0v) is 48.2. The topological polar surface area (TPSA) is 61.4 Å². The van der Waals surface area contributed by atoms with Crippen LogP contribution in [0.1, 0.15) is 22.3 Å². The van der Waals surface area contributed by atoms with Gasteiger partial charge in [0.05, 0.1) is 33.5 Å². The Morgan fingerprint density at radius 3 is 1.26 bits per heavy atom. The van der Waals surface area contributed by atoms with Gasteiger partial charge in [0.15, 0.2) is 17.5 Å². The summed E-state index contributed by atoms with van der Waals surface area (Å²) in [7, 11) is 0. The van der Waals surface area contributed by atoms with Crippen molar-refractivity contribution >= 4 is 75.1 Å². The van der Waals surface area contributed by atoms with Gasteiger partial charge in [-0.1, -0.05) is 192 Å². The molecule has 0 spiro atoms. The summed E-state index contributed by atoms with van der Waals surface area (Å²) < 4.78 is 7.23. The first kappa shape index (κ1) is 50.2. The lowest BCUT2D eigenvalue weighted by molar-refractivity contribution is 1.07. The van der Waals surface area contributed by atoms with E-state index < -0.39 is 0 Å². The van der Waals surface area contributed by atoms with Gasteiger partial charge in [0.2, 0.25) is 0 Å². The van der Waals surface area contributed by atoms with E-state index >= 15 is 0 Å². The second-order valence-corrected chi connectivity index (χ2v) is 23.5. The molecule has 16 aromatic rings. The molecule has 0 bridgehead atoms. The van der Waals surface area contributed by atoms with Crippen LogP contribution in [-0.2, 0) is 0 Å². The van der Waals surface area contributed by atoms with Crippen LogP contribution < -0.4 is 0 Å². The Morgan fingerprint density at radius 2 is 0.729 bits per heavy atom. The molecular formula is C78H54N6S. The first-order chi connectivity index (χ1) is 41.8. The SMILES string of the molecule is Cc1ccc2c(c1)c1cc(C)ccc1n2-c1ccc(-c2cc(-c3ccccc3-c3nc(-c4ccccc4)nc(-c4ccccc4)n3)c(-c3cccc4c3sc3ccccc34)c(-c3ccc(-n4c5ccc(C)cc5c5cc(C)ccc54)cc3)n2)cc1. The van der Waals surface area contributed by atoms with Gasteiger partial charge >= 0.3 is 0 Å². The summed E-state index contributed by atoms with van der Waals surface area (Å²) in [6, 6.07) is 92.1. The van der Waals surface area contributed by atoms with Crippen LogP contribution in [0.2, 0.25) is 0 Å². The van der Waals surface area contributed by atoms with Gasteiger partial charge in [0.1, 0.15) is 0 Å². The van der Waals surface area contributed by atoms with Gasteiger partial charge in [-0.05, 0) is 124 Å². The Hall–Kier alpha value is -10.6. The second kappa shape index (κ2) is 20.1. The lowest BCUT2D eigenvalue weighted by Crippen LogP contribution is -2.02. The van der Waals surface area contributed by atoms with Gasteiger partial charge in [0, 0.05) is 92.0 Å². The fourth-order valence-electron chi connectivity index (χ4n) is 12.8. The van der Waals surface area contributed by atoms with Crippen LogP contribution in [0.3, 0.4) is 0 Å². The highest BCUT2D eigenvalue weighted by Crippen LogP contribution is 2.49. The summed E-state index contributed by atoms with van der Waals surface area (Å²) in [6.45, 7) is 8.69. The maximum absolute atomic E-state index is 5.92. The van der Waals surface area contributed by atoms with E-state index in [-0.39, 0.29) is 0 Å². The van der Waals surface area contributed by atoms with Gasteiger partial charge in [-0.2, -0.15) is 0 Å². The van der Waals surface area contributed by atoms with E-state index in [9.17, 15) is 0 Å². The lowest BCUT2D eigenvalue weighted by Gasteiger charge is -2.21. The zero-order chi connectivity index (χ0) is 56.9. The molecule has 0 unspecified atom stereocenters. The van der Waals surface area contributed by atoms with E-state index in [4.69, 9.17) is 19.9 Å². The fourth-order valence-corrected chi connectivity index (χ4v) is 14.0. The van der Waals surface area contributed by atoms with Crippen molar-refractivity contribution in [3.63, 3.8) is 0 Å². The van der Waals surface area contributed by atoms with E-state index in [2.05, 4.69) is 255 Å². The number of aryl methyl sites for hydroxylation is 4. The van der Waals surface area contributed by atoms with Crippen LogP contribution in [0.15, 0.2) is 255 Å². The van der Waals surface area contributed by atoms with E-state index in [1.54, 1.807) is 0 Å². The Labute approximate surface area is 496 Å². The smallest absolute Gasteiger partial charge is 0.164 e. The van der Waals surface area contributed by atoms with Crippen LogP contribution in [0, 0.1) is 27.7 Å². The molecule has 0 radical (unpaired) electrons. The number of aromatic nitrogens is 6. The third kappa shape index (κ3) is 8.53. The predicted molar refractivity (Wildman–Crippen MR) is 356 cm³/mol. The van der Waals surface area contributed by atoms with Gasteiger partial charge in [-0.15, -0.1) is 11.3 Å². The lowest BCUT2D eigenvalue weighted by atomic mass is 9.87. The Bertz CT molecular complexity index is 5150. The molecule has 0 aliphatic heterocycles. The molecule has 5 aromatic heterocycles.